The van der Waals surface area contributed by atoms with Gasteiger partial charge in [-0.2, -0.15) is 0 Å². The highest BCUT2D eigenvalue weighted by atomic mass is 19.1. The summed E-state index contributed by atoms with van der Waals surface area (Å²) in [7, 11) is 0. The van der Waals surface area contributed by atoms with Gasteiger partial charge < -0.3 is 14.7 Å². The highest BCUT2D eigenvalue weighted by molar-refractivity contribution is 6.05. The second-order valence-corrected chi connectivity index (χ2v) is 10.4. The van der Waals surface area contributed by atoms with Gasteiger partial charge >= 0.3 is 0 Å². The van der Waals surface area contributed by atoms with Gasteiger partial charge in [0.1, 0.15) is 11.9 Å². The fourth-order valence-electron chi connectivity index (χ4n) is 5.69. The Bertz CT molecular complexity index is 1040. The molecule has 1 aromatic carbocycles. The topological polar surface area (TPSA) is 90.0 Å². The number of hydrogen-bond donors (Lipinski definition) is 1. The molecule has 0 bridgehead atoms. The molecular formula is C24H29FN4O4. The number of benzene rings is 1. The highest BCUT2D eigenvalue weighted by Crippen LogP contribution is 2.45. The molecule has 4 aliphatic rings. The molecule has 3 heterocycles. The van der Waals surface area contributed by atoms with Gasteiger partial charge in [0, 0.05) is 50.6 Å². The lowest BCUT2D eigenvalue weighted by atomic mass is 9.64. The van der Waals surface area contributed by atoms with Gasteiger partial charge in [-0.1, -0.05) is 13.8 Å². The first-order valence-corrected chi connectivity index (χ1v) is 11.6. The Morgan fingerprint density at radius 1 is 1.09 bits per heavy atom. The van der Waals surface area contributed by atoms with Crippen LogP contribution in [0.1, 0.15) is 55.5 Å². The summed E-state index contributed by atoms with van der Waals surface area (Å²) in [5.74, 6) is -1.38. The van der Waals surface area contributed by atoms with E-state index >= 15 is 4.39 Å². The quantitative estimate of drug-likeness (QED) is 0.699. The van der Waals surface area contributed by atoms with Gasteiger partial charge in [0.2, 0.25) is 17.7 Å². The van der Waals surface area contributed by atoms with Crippen LogP contribution in [0.4, 0.5) is 10.1 Å². The van der Waals surface area contributed by atoms with Crippen molar-refractivity contribution in [1.29, 1.82) is 0 Å². The summed E-state index contributed by atoms with van der Waals surface area (Å²) in [6, 6.07) is 2.23. The van der Waals surface area contributed by atoms with Gasteiger partial charge in [-0.3, -0.25) is 24.5 Å². The number of carbonyl (C=O) groups is 4. The van der Waals surface area contributed by atoms with Crippen LogP contribution in [-0.4, -0.2) is 65.6 Å². The van der Waals surface area contributed by atoms with E-state index in [4.69, 9.17) is 0 Å². The zero-order chi connectivity index (χ0) is 23.5. The largest absolute Gasteiger partial charge is 0.366 e. The molecule has 1 aliphatic carbocycles. The minimum atomic E-state index is -0.722. The fourth-order valence-corrected chi connectivity index (χ4v) is 5.69. The average molecular weight is 457 g/mol. The molecule has 176 valence electrons. The molecule has 5 rings (SSSR count). The summed E-state index contributed by atoms with van der Waals surface area (Å²) in [4.78, 5) is 54.5. The number of piperazine rings is 1. The number of hydrogen-bond acceptors (Lipinski definition) is 5. The minimum absolute atomic E-state index is 0.104. The molecule has 0 spiro atoms. The third-order valence-corrected chi connectivity index (χ3v) is 7.47. The van der Waals surface area contributed by atoms with Crippen molar-refractivity contribution in [2.75, 3.05) is 31.1 Å². The van der Waals surface area contributed by atoms with Crippen LogP contribution in [-0.2, 0) is 20.9 Å². The van der Waals surface area contributed by atoms with E-state index in [1.165, 1.54) is 11.0 Å². The van der Waals surface area contributed by atoms with Crippen molar-refractivity contribution in [3.63, 3.8) is 0 Å². The van der Waals surface area contributed by atoms with Crippen molar-refractivity contribution < 1.29 is 23.6 Å². The lowest BCUT2D eigenvalue weighted by molar-refractivity contribution is -0.142. The van der Waals surface area contributed by atoms with Crippen LogP contribution in [0.25, 0.3) is 0 Å². The fraction of sp³-hybridized carbons (Fsp3) is 0.583. The number of amides is 4. The molecule has 8 nitrogen and oxygen atoms in total. The molecule has 0 aromatic heterocycles. The zero-order valence-electron chi connectivity index (χ0n) is 19.0. The van der Waals surface area contributed by atoms with E-state index in [-0.39, 0.29) is 54.0 Å². The summed E-state index contributed by atoms with van der Waals surface area (Å²) in [6.45, 7) is 6.73. The van der Waals surface area contributed by atoms with Gasteiger partial charge in [-0.05, 0) is 42.4 Å². The third-order valence-electron chi connectivity index (χ3n) is 7.47. The first-order valence-electron chi connectivity index (χ1n) is 11.6. The van der Waals surface area contributed by atoms with Crippen LogP contribution in [0.2, 0.25) is 0 Å². The van der Waals surface area contributed by atoms with Crippen molar-refractivity contribution in [2.24, 2.45) is 11.3 Å². The average Bonchev–Trinajstić information content (AvgIpc) is 3.06. The molecule has 1 N–H and O–H groups in total. The Morgan fingerprint density at radius 3 is 2.42 bits per heavy atom. The first kappa shape index (κ1) is 21.9. The zero-order valence-corrected chi connectivity index (χ0v) is 19.0. The van der Waals surface area contributed by atoms with Crippen LogP contribution >= 0.6 is 0 Å². The number of piperidine rings is 1. The van der Waals surface area contributed by atoms with Crippen molar-refractivity contribution in [3.05, 3.63) is 29.1 Å². The Morgan fingerprint density at radius 2 is 1.79 bits per heavy atom. The van der Waals surface area contributed by atoms with Crippen molar-refractivity contribution >= 4 is 29.3 Å². The molecule has 9 heteroatoms. The van der Waals surface area contributed by atoms with Gasteiger partial charge in [-0.15, -0.1) is 0 Å². The molecule has 0 radical (unpaired) electrons. The van der Waals surface area contributed by atoms with Crippen molar-refractivity contribution in [3.8, 4) is 0 Å². The maximum absolute atomic E-state index is 15.0. The summed E-state index contributed by atoms with van der Waals surface area (Å²) in [5, 5.41) is 2.28. The molecule has 1 saturated carbocycles. The van der Waals surface area contributed by atoms with Crippen LogP contribution < -0.4 is 10.2 Å². The normalized spacial score (nSPS) is 25.1. The van der Waals surface area contributed by atoms with Gasteiger partial charge in [0.25, 0.3) is 5.91 Å². The number of nitrogens with one attached hydrogen (secondary N) is 1. The maximum Gasteiger partial charge on any atom is 0.255 e. The van der Waals surface area contributed by atoms with E-state index < -0.39 is 17.8 Å². The molecule has 1 unspecified atom stereocenters. The van der Waals surface area contributed by atoms with E-state index in [0.717, 1.165) is 12.8 Å². The Labute approximate surface area is 192 Å². The monoisotopic (exact) mass is 456 g/mol. The third kappa shape index (κ3) is 3.87. The number of halogens is 1. The van der Waals surface area contributed by atoms with Crippen LogP contribution in [0.15, 0.2) is 12.1 Å². The summed E-state index contributed by atoms with van der Waals surface area (Å²) in [6.07, 6.45) is 2.29. The maximum atomic E-state index is 15.0. The predicted octanol–water partition coefficient (Wildman–Crippen LogP) is 1.67. The molecule has 3 fully saturated rings. The Hall–Kier alpha value is -2.97. The van der Waals surface area contributed by atoms with E-state index in [9.17, 15) is 19.2 Å². The summed E-state index contributed by atoms with van der Waals surface area (Å²) < 4.78 is 15.0. The molecule has 33 heavy (non-hydrogen) atoms. The van der Waals surface area contributed by atoms with Crippen LogP contribution in [0.3, 0.4) is 0 Å². The predicted molar refractivity (Wildman–Crippen MR) is 118 cm³/mol. The summed E-state index contributed by atoms with van der Waals surface area (Å²) in [5.41, 5.74) is 1.61. The van der Waals surface area contributed by atoms with Crippen molar-refractivity contribution in [2.45, 2.75) is 52.1 Å². The van der Waals surface area contributed by atoms with Gasteiger partial charge in [0.15, 0.2) is 0 Å². The Kier molecular flexibility index (Phi) is 5.17. The van der Waals surface area contributed by atoms with Crippen molar-refractivity contribution in [1.82, 2.24) is 15.1 Å². The lowest BCUT2D eigenvalue weighted by Crippen LogP contribution is -2.53. The second-order valence-electron chi connectivity index (χ2n) is 10.4. The minimum Gasteiger partial charge on any atom is -0.366 e. The Balaban J connectivity index is 1.26. The smallest absolute Gasteiger partial charge is 0.255 e. The molecule has 2 saturated heterocycles. The van der Waals surface area contributed by atoms with E-state index in [2.05, 4.69) is 19.2 Å². The standard InChI is InChI=1S/C24H29FN4O4/c1-24(2)11-15(12-24)22(32)28-7-5-27(6-8-28)19-9-14-13-29(23(33)16(14)10-17(19)25)18-3-4-20(30)26-21(18)31/h9-10,15,18H,3-8,11-13H2,1-2H3,(H,26,30,31). The van der Waals surface area contributed by atoms with Gasteiger partial charge in [-0.25, -0.2) is 4.39 Å². The number of anilines is 1. The number of nitrogens with zero attached hydrogens (tertiary/aromatic N) is 3. The van der Waals surface area contributed by atoms with Crippen LogP contribution in [0, 0.1) is 17.2 Å². The lowest BCUT2D eigenvalue weighted by Gasteiger charge is -2.45. The summed E-state index contributed by atoms with van der Waals surface area (Å²) >= 11 is 0. The second kappa shape index (κ2) is 7.81. The number of fused-ring (bicyclic) bond motifs is 1. The molecule has 1 atom stereocenters. The van der Waals surface area contributed by atoms with Gasteiger partial charge in [0.05, 0.1) is 5.69 Å². The first-order chi connectivity index (χ1) is 15.6. The highest BCUT2D eigenvalue weighted by Gasteiger charge is 2.43. The number of rotatable bonds is 3. The number of imide groups is 1. The molecule has 4 amide bonds. The van der Waals surface area contributed by atoms with E-state index in [1.54, 1.807) is 6.07 Å². The van der Waals surface area contributed by atoms with E-state index in [0.29, 0.717) is 37.4 Å². The molecule has 1 aromatic rings. The molecular weight excluding hydrogens is 427 g/mol. The molecule has 3 aliphatic heterocycles. The SMILES string of the molecule is CC1(C)CC(C(=O)N2CCN(c3cc4c(cc3F)C(=O)N(C3CCC(=O)NC3=O)C4)CC2)C1. The van der Waals surface area contributed by atoms with Crippen LogP contribution in [0.5, 0.6) is 0 Å². The number of carbonyl (C=O) groups excluding carboxylic acids is 4. The van der Waals surface area contributed by atoms with E-state index in [1.807, 2.05) is 9.80 Å².